The fourth-order valence-electron chi connectivity index (χ4n) is 3.98. The molecule has 1 aliphatic rings. The van der Waals surface area contributed by atoms with Crippen molar-refractivity contribution in [3.8, 4) is 0 Å². The predicted octanol–water partition coefficient (Wildman–Crippen LogP) is 3.12. The van der Waals surface area contributed by atoms with E-state index in [9.17, 15) is 19.2 Å². The molecule has 1 N–H and O–H groups in total. The van der Waals surface area contributed by atoms with Crippen LogP contribution in [-0.2, 0) is 30.5 Å². The number of aryl methyl sites for hydroxylation is 1. The summed E-state index contributed by atoms with van der Waals surface area (Å²) >= 11 is 0. The van der Waals surface area contributed by atoms with Crippen LogP contribution in [0, 0.1) is 12.3 Å². The van der Waals surface area contributed by atoms with Crippen molar-refractivity contribution in [1.29, 1.82) is 0 Å². The normalized spacial score (nSPS) is 16.9. The number of rotatable bonds is 11. The molecule has 8 heteroatoms. The highest BCUT2D eigenvalue weighted by molar-refractivity contribution is 5.84. The summed E-state index contributed by atoms with van der Waals surface area (Å²) in [6, 6.07) is 5.71. The van der Waals surface area contributed by atoms with Crippen LogP contribution in [0.1, 0.15) is 75.6 Å². The molecule has 34 heavy (non-hydrogen) atoms. The van der Waals surface area contributed by atoms with Crippen LogP contribution in [0.2, 0.25) is 0 Å². The lowest BCUT2D eigenvalue weighted by Crippen LogP contribution is -2.48. The number of hydrogen-bond acceptors (Lipinski definition) is 6. The topological polar surface area (TPSA) is 96.0 Å². The Morgan fingerprint density at radius 2 is 1.97 bits per heavy atom. The molecule has 0 radical (unpaired) electrons. The molecule has 2 unspecified atom stereocenters. The Morgan fingerprint density at radius 3 is 2.56 bits per heavy atom. The van der Waals surface area contributed by atoms with E-state index in [4.69, 9.17) is 4.74 Å². The van der Waals surface area contributed by atoms with E-state index in [-0.39, 0.29) is 38.1 Å². The number of ether oxygens (including phenoxy) is 1. The standard InChI is InChI=1S/C26H39N3O5/c1-19-11-12-20(22-9-6-7-13-27-22)15-21(19)16-29(17-31)23(10-8-14-30)24(32)28(5)18-34-25(33)26(2,3)4/h11-12,14-15,17,22-23,27H,6-10,13,16,18H2,1-5H3. The Balaban J connectivity index is 2.18. The van der Waals surface area contributed by atoms with Gasteiger partial charge in [0.1, 0.15) is 12.3 Å². The minimum absolute atomic E-state index is 0.140. The molecule has 0 saturated carbocycles. The summed E-state index contributed by atoms with van der Waals surface area (Å²) in [5.74, 6) is -0.800. The first-order valence-electron chi connectivity index (χ1n) is 12.0. The molecule has 0 spiro atoms. The van der Waals surface area contributed by atoms with E-state index in [1.165, 1.54) is 35.3 Å². The maximum atomic E-state index is 13.2. The van der Waals surface area contributed by atoms with Crippen molar-refractivity contribution in [1.82, 2.24) is 15.1 Å². The van der Waals surface area contributed by atoms with Gasteiger partial charge in [-0.3, -0.25) is 14.4 Å². The maximum absolute atomic E-state index is 13.2. The van der Waals surface area contributed by atoms with Crippen molar-refractivity contribution >= 4 is 24.6 Å². The van der Waals surface area contributed by atoms with Crippen molar-refractivity contribution in [3.63, 3.8) is 0 Å². The van der Waals surface area contributed by atoms with Gasteiger partial charge < -0.3 is 24.6 Å². The first-order valence-corrected chi connectivity index (χ1v) is 12.0. The summed E-state index contributed by atoms with van der Waals surface area (Å²) in [7, 11) is 1.52. The molecule has 0 bridgehead atoms. The summed E-state index contributed by atoms with van der Waals surface area (Å²) in [6.45, 7) is 8.20. The lowest BCUT2D eigenvalue weighted by atomic mass is 9.94. The highest BCUT2D eigenvalue weighted by Crippen LogP contribution is 2.26. The van der Waals surface area contributed by atoms with E-state index >= 15 is 0 Å². The molecule has 1 fully saturated rings. The van der Waals surface area contributed by atoms with E-state index in [1.807, 2.05) is 13.0 Å². The number of piperidine rings is 1. The summed E-state index contributed by atoms with van der Waals surface area (Å²) in [5, 5.41) is 3.54. The SMILES string of the molecule is Cc1ccc(C2CCCCN2)cc1CN(C=O)C(CCC=O)C(=O)N(C)COC(=O)C(C)(C)C. The van der Waals surface area contributed by atoms with Crippen LogP contribution in [0.3, 0.4) is 0 Å². The highest BCUT2D eigenvalue weighted by atomic mass is 16.5. The van der Waals surface area contributed by atoms with Crippen LogP contribution in [-0.4, -0.2) is 60.7 Å². The minimum atomic E-state index is -0.836. The first-order chi connectivity index (χ1) is 16.1. The predicted molar refractivity (Wildman–Crippen MR) is 130 cm³/mol. The van der Waals surface area contributed by atoms with Crippen molar-refractivity contribution in [2.45, 2.75) is 78.4 Å². The molecule has 0 aromatic heterocycles. The molecule has 8 nitrogen and oxygen atoms in total. The third kappa shape index (κ3) is 7.65. The van der Waals surface area contributed by atoms with E-state index < -0.39 is 17.4 Å². The number of hydrogen-bond donors (Lipinski definition) is 1. The number of nitrogens with one attached hydrogen (secondary N) is 1. The van der Waals surface area contributed by atoms with Gasteiger partial charge >= 0.3 is 5.97 Å². The number of amides is 2. The van der Waals surface area contributed by atoms with Gasteiger partial charge in [-0.25, -0.2) is 0 Å². The van der Waals surface area contributed by atoms with Gasteiger partial charge in [-0.05, 0) is 70.2 Å². The monoisotopic (exact) mass is 473 g/mol. The number of esters is 1. The molecule has 1 saturated heterocycles. The van der Waals surface area contributed by atoms with Crippen LogP contribution in [0.4, 0.5) is 0 Å². The largest absolute Gasteiger partial charge is 0.444 e. The Bertz CT molecular complexity index is 858. The molecular weight excluding hydrogens is 434 g/mol. The second-order valence-corrected chi connectivity index (χ2v) is 10.1. The van der Waals surface area contributed by atoms with Gasteiger partial charge in [0.2, 0.25) is 12.3 Å². The van der Waals surface area contributed by atoms with Gasteiger partial charge in [0.25, 0.3) is 0 Å². The number of nitrogens with zero attached hydrogens (tertiary/aromatic N) is 2. The molecule has 2 amide bonds. The molecule has 1 aliphatic heterocycles. The van der Waals surface area contributed by atoms with Crippen molar-refractivity contribution in [2.75, 3.05) is 20.3 Å². The van der Waals surface area contributed by atoms with Crippen molar-refractivity contribution in [3.05, 3.63) is 34.9 Å². The number of carbonyl (C=O) groups is 4. The molecule has 2 atom stereocenters. The van der Waals surface area contributed by atoms with E-state index in [2.05, 4.69) is 17.4 Å². The highest BCUT2D eigenvalue weighted by Gasteiger charge is 2.30. The van der Waals surface area contributed by atoms with E-state index in [0.29, 0.717) is 6.41 Å². The Labute approximate surface area is 203 Å². The molecule has 0 aliphatic carbocycles. The second kappa shape index (κ2) is 12.6. The van der Waals surface area contributed by atoms with Crippen molar-refractivity contribution in [2.24, 2.45) is 5.41 Å². The Kier molecular flexibility index (Phi) is 10.2. The Hall–Kier alpha value is -2.74. The zero-order valence-corrected chi connectivity index (χ0v) is 21.1. The maximum Gasteiger partial charge on any atom is 0.312 e. The van der Waals surface area contributed by atoms with Gasteiger partial charge in [-0.1, -0.05) is 24.6 Å². The van der Waals surface area contributed by atoms with Gasteiger partial charge in [0, 0.05) is 26.1 Å². The summed E-state index contributed by atoms with van der Waals surface area (Å²) in [4.78, 5) is 51.2. The summed E-state index contributed by atoms with van der Waals surface area (Å²) < 4.78 is 5.26. The minimum Gasteiger partial charge on any atom is -0.444 e. The molecule has 2 rings (SSSR count). The molecule has 1 heterocycles. The summed E-state index contributed by atoms with van der Waals surface area (Å²) in [5.41, 5.74) is 2.47. The molecular formula is C26H39N3O5. The number of aldehydes is 1. The van der Waals surface area contributed by atoms with E-state index in [1.54, 1.807) is 20.8 Å². The average molecular weight is 474 g/mol. The smallest absolute Gasteiger partial charge is 0.312 e. The van der Waals surface area contributed by atoms with Crippen LogP contribution in [0.15, 0.2) is 18.2 Å². The fraction of sp³-hybridized carbons (Fsp3) is 0.615. The van der Waals surface area contributed by atoms with Crippen LogP contribution in [0.5, 0.6) is 0 Å². The van der Waals surface area contributed by atoms with Crippen LogP contribution in [0.25, 0.3) is 0 Å². The molecule has 1 aromatic carbocycles. The fourth-order valence-corrected chi connectivity index (χ4v) is 3.98. The van der Waals surface area contributed by atoms with Gasteiger partial charge in [0.05, 0.1) is 5.41 Å². The number of carbonyl (C=O) groups excluding carboxylic acids is 4. The van der Waals surface area contributed by atoms with Crippen LogP contribution < -0.4 is 5.32 Å². The number of benzene rings is 1. The lowest BCUT2D eigenvalue weighted by Gasteiger charge is -2.31. The quantitative estimate of drug-likeness (QED) is 0.301. The Morgan fingerprint density at radius 1 is 1.24 bits per heavy atom. The zero-order valence-electron chi connectivity index (χ0n) is 21.1. The van der Waals surface area contributed by atoms with Crippen molar-refractivity contribution < 1.29 is 23.9 Å². The molecule has 188 valence electrons. The zero-order chi connectivity index (χ0) is 25.3. The number of likely N-dealkylation sites (N-methyl/N-ethyl adjacent to an activating group) is 1. The first kappa shape index (κ1) is 27.5. The van der Waals surface area contributed by atoms with E-state index in [0.717, 1.165) is 30.4 Å². The summed E-state index contributed by atoms with van der Waals surface area (Å²) in [6.07, 6.45) is 5.15. The second-order valence-electron chi connectivity index (χ2n) is 10.1. The lowest BCUT2D eigenvalue weighted by molar-refractivity contribution is -0.161. The van der Waals surface area contributed by atoms with Gasteiger partial charge in [-0.2, -0.15) is 0 Å². The third-order valence-electron chi connectivity index (χ3n) is 6.20. The average Bonchev–Trinajstić information content (AvgIpc) is 2.82. The van der Waals surface area contributed by atoms with Gasteiger partial charge in [0.15, 0.2) is 6.73 Å². The van der Waals surface area contributed by atoms with Gasteiger partial charge in [-0.15, -0.1) is 0 Å². The van der Waals surface area contributed by atoms with Crippen LogP contribution >= 0.6 is 0 Å². The molecule has 1 aromatic rings. The third-order valence-corrected chi connectivity index (χ3v) is 6.20.